The average Bonchev–Trinajstić information content (AvgIpc) is 2.71. The molecule has 102 valence electrons. The molecule has 2 rings (SSSR count). The molecule has 0 amide bonds. The van der Waals surface area contributed by atoms with Crippen molar-refractivity contribution >= 4 is 22.7 Å². The van der Waals surface area contributed by atoms with Crippen LogP contribution in [0.5, 0.6) is 0 Å². The summed E-state index contributed by atoms with van der Waals surface area (Å²) in [5, 5.41) is 9.19. The summed E-state index contributed by atoms with van der Waals surface area (Å²) in [5.74, 6) is -1.71. The smallest absolute Gasteiger partial charge is 0.337 e. The van der Waals surface area contributed by atoms with E-state index >= 15 is 0 Å². The maximum Gasteiger partial charge on any atom is 0.337 e. The predicted octanol–water partition coefficient (Wildman–Crippen LogP) is 2.52. The summed E-state index contributed by atoms with van der Waals surface area (Å²) in [6.45, 7) is 3.84. The Morgan fingerprint density at radius 2 is 2.11 bits per heavy atom. The van der Waals surface area contributed by atoms with Crippen LogP contribution in [0.3, 0.4) is 0 Å². The van der Waals surface area contributed by atoms with Crippen molar-refractivity contribution in [3.05, 3.63) is 23.8 Å². The van der Waals surface area contributed by atoms with Gasteiger partial charge in [0.15, 0.2) is 5.82 Å². The Labute approximate surface area is 110 Å². The number of carbonyl (C=O) groups is 1. The number of carboxylic acids is 1. The van der Waals surface area contributed by atoms with Gasteiger partial charge in [-0.25, -0.2) is 14.2 Å². The second-order valence-corrected chi connectivity index (χ2v) is 4.90. The zero-order valence-electron chi connectivity index (χ0n) is 11.3. The highest BCUT2D eigenvalue weighted by atomic mass is 19.1. The number of nitrogens with zero attached hydrogens (tertiary/aromatic N) is 3. The largest absolute Gasteiger partial charge is 0.478 e. The molecule has 1 N–H and O–H groups in total. The lowest BCUT2D eigenvalue weighted by Gasteiger charge is -2.18. The molecule has 0 aliphatic rings. The first-order valence-electron chi connectivity index (χ1n) is 5.94. The van der Waals surface area contributed by atoms with Gasteiger partial charge in [0.2, 0.25) is 0 Å². The van der Waals surface area contributed by atoms with E-state index in [0.717, 1.165) is 0 Å². The van der Waals surface area contributed by atoms with Crippen molar-refractivity contribution in [2.75, 3.05) is 19.0 Å². The van der Waals surface area contributed by atoms with Crippen molar-refractivity contribution in [2.24, 2.45) is 0 Å². The lowest BCUT2D eigenvalue weighted by atomic mass is 10.1. The van der Waals surface area contributed by atoms with Gasteiger partial charge < -0.3 is 14.6 Å². The monoisotopic (exact) mass is 265 g/mol. The minimum absolute atomic E-state index is 0.0465. The molecule has 0 unspecified atom stereocenters. The highest BCUT2D eigenvalue weighted by Gasteiger charge is 2.23. The first kappa shape index (κ1) is 13.3. The summed E-state index contributed by atoms with van der Waals surface area (Å²) in [6, 6.07) is 1.46. The third kappa shape index (κ3) is 2.03. The zero-order chi connectivity index (χ0) is 14.3. The standard InChI is InChI=1S/C13H16FN3O2/c1-7(2)17-6-15-9-5-8(13(18)19)11(16(3)4)10(14)12(9)17/h5-7H,1-4H3,(H,18,19). The Bertz CT molecular complexity index is 647. The van der Waals surface area contributed by atoms with Gasteiger partial charge in [-0.3, -0.25) is 0 Å². The first-order chi connectivity index (χ1) is 8.84. The highest BCUT2D eigenvalue weighted by Crippen LogP contribution is 2.31. The third-order valence-corrected chi connectivity index (χ3v) is 3.01. The maximum atomic E-state index is 14.6. The van der Waals surface area contributed by atoms with E-state index in [4.69, 9.17) is 0 Å². The molecule has 6 heteroatoms. The number of hydrogen-bond donors (Lipinski definition) is 1. The van der Waals surface area contributed by atoms with Crippen LogP contribution in [0.15, 0.2) is 12.4 Å². The summed E-state index contributed by atoms with van der Waals surface area (Å²) < 4.78 is 16.3. The number of aromatic nitrogens is 2. The van der Waals surface area contributed by atoms with E-state index < -0.39 is 11.8 Å². The van der Waals surface area contributed by atoms with Gasteiger partial charge in [0.1, 0.15) is 5.52 Å². The fraction of sp³-hybridized carbons (Fsp3) is 0.385. The molecule has 0 saturated heterocycles. The number of carboxylic acid groups (broad SMARTS) is 1. The van der Waals surface area contributed by atoms with Crippen molar-refractivity contribution in [1.82, 2.24) is 9.55 Å². The molecule has 0 saturated carbocycles. The van der Waals surface area contributed by atoms with Crippen molar-refractivity contribution in [2.45, 2.75) is 19.9 Å². The van der Waals surface area contributed by atoms with Gasteiger partial charge in [-0.15, -0.1) is 0 Å². The van der Waals surface area contributed by atoms with E-state index in [2.05, 4.69) is 4.98 Å². The molecule has 0 spiro atoms. The van der Waals surface area contributed by atoms with Crippen LogP contribution in [0.4, 0.5) is 10.1 Å². The number of hydrogen-bond acceptors (Lipinski definition) is 3. The lowest BCUT2D eigenvalue weighted by Crippen LogP contribution is -2.16. The van der Waals surface area contributed by atoms with Gasteiger partial charge in [0, 0.05) is 20.1 Å². The maximum absolute atomic E-state index is 14.6. The van der Waals surface area contributed by atoms with Crippen LogP contribution in [0.2, 0.25) is 0 Å². The topological polar surface area (TPSA) is 58.4 Å². The van der Waals surface area contributed by atoms with Crippen molar-refractivity contribution in [3.8, 4) is 0 Å². The van der Waals surface area contributed by atoms with Crippen LogP contribution in [0.25, 0.3) is 11.0 Å². The molecular formula is C13H16FN3O2. The Morgan fingerprint density at radius 1 is 1.47 bits per heavy atom. The summed E-state index contributed by atoms with van der Waals surface area (Å²) in [4.78, 5) is 16.8. The van der Waals surface area contributed by atoms with Crippen molar-refractivity contribution in [3.63, 3.8) is 0 Å². The normalized spacial score (nSPS) is 11.3. The van der Waals surface area contributed by atoms with E-state index in [9.17, 15) is 14.3 Å². The van der Waals surface area contributed by atoms with E-state index in [-0.39, 0.29) is 17.3 Å². The summed E-state index contributed by atoms with van der Waals surface area (Å²) in [5.41, 5.74) is 0.685. The summed E-state index contributed by atoms with van der Waals surface area (Å²) in [6.07, 6.45) is 1.53. The van der Waals surface area contributed by atoms with Crippen molar-refractivity contribution in [1.29, 1.82) is 0 Å². The fourth-order valence-corrected chi connectivity index (χ4v) is 2.13. The van der Waals surface area contributed by atoms with Crippen LogP contribution >= 0.6 is 0 Å². The van der Waals surface area contributed by atoms with Gasteiger partial charge in [-0.2, -0.15) is 0 Å². The van der Waals surface area contributed by atoms with Gasteiger partial charge in [-0.05, 0) is 19.9 Å². The summed E-state index contributed by atoms with van der Waals surface area (Å²) >= 11 is 0. The first-order valence-corrected chi connectivity index (χ1v) is 5.94. The molecule has 0 radical (unpaired) electrons. The average molecular weight is 265 g/mol. The molecule has 0 atom stereocenters. The van der Waals surface area contributed by atoms with Crippen LogP contribution in [-0.2, 0) is 0 Å². The molecule has 5 nitrogen and oxygen atoms in total. The number of aromatic carboxylic acids is 1. The molecule has 1 aromatic heterocycles. The number of benzene rings is 1. The highest BCUT2D eigenvalue weighted by molar-refractivity contribution is 6.00. The Hall–Kier alpha value is -2.11. The third-order valence-electron chi connectivity index (χ3n) is 3.01. The molecule has 0 aliphatic carbocycles. The van der Waals surface area contributed by atoms with Crippen molar-refractivity contribution < 1.29 is 14.3 Å². The number of imidazole rings is 1. The van der Waals surface area contributed by atoms with E-state index in [0.29, 0.717) is 11.0 Å². The van der Waals surface area contributed by atoms with E-state index in [1.807, 2.05) is 13.8 Å². The van der Waals surface area contributed by atoms with E-state index in [1.54, 1.807) is 18.7 Å². The molecule has 1 aromatic carbocycles. The number of rotatable bonds is 3. The molecule has 0 fully saturated rings. The SMILES string of the molecule is CC(C)n1cnc2cc(C(=O)O)c(N(C)C)c(F)c21. The van der Waals surface area contributed by atoms with Crippen LogP contribution in [-0.4, -0.2) is 34.7 Å². The minimum atomic E-state index is -1.16. The van der Waals surface area contributed by atoms with Gasteiger partial charge in [-0.1, -0.05) is 0 Å². The second kappa shape index (κ2) is 4.53. The molecular weight excluding hydrogens is 249 g/mol. The summed E-state index contributed by atoms with van der Waals surface area (Å²) in [7, 11) is 3.24. The Kier molecular flexibility index (Phi) is 3.18. The molecule has 0 aliphatic heterocycles. The fourth-order valence-electron chi connectivity index (χ4n) is 2.13. The van der Waals surface area contributed by atoms with Gasteiger partial charge in [0.05, 0.1) is 23.1 Å². The van der Waals surface area contributed by atoms with Crippen LogP contribution in [0, 0.1) is 5.82 Å². The number of anilines is 1. The quantitative estimate of drug-likeness (QED) is 0.926. The second-order valence-electron chi connectivity index (χ2n) is 4.90. The van der Waals surface area contributed by atoms with Gasteiger partial charge in [0.25, 0.3) is 0 Å². The van der Waals surface area contributed by atoms with E-state index in [1.165, 1.54) is 17.3 Å². The van der Waals surface area contributed by atoms with Gasteiger partial charge >= 0.3 is 5.97 Å². The number of fused-ring (bicyclic) bond motifs is 1. The molecule has 19 heavy (non-hydrogen) atoms. The predicted molar refractivity (Wildman–Crippen MR) is 71.4 cm³/mol. The number of halogens is 1. The molecule has 2 aromatic rings. The molecule has 1 heterocycles. The molecule has 0 bridgehead atoms. The Morgan fingerprint density at radius 3 is 2.58 bits per heavy atom. The van der Waals surface area contributed by atoms with Crippen LogP contribution < -0.4 is 4.90 Å². The lowest BCUT2D eigenvalue weighted by molar-refractivity contribution is 0.0697. The zero-order valence-corrected chi connectivity index (χ0v) is 11.3. The Balaban J connectivity index is 2.88. The minimum Gasteiger partial charge on any atom is -0.478 e. The van der Waals surface area contributed by atoms with Crippen LogP contribution in [0.1, 0.15) is 30.2 Å².